The van der Waals surface area contributed by atoms with E-state index in [9.17, 15) is 5.11 Å². The van der Waals surface area contributed by atoms with Gasteiger partial charge in [0.15, 0.2) is 0 Å². The number of hydrogen-bond acceptors (Lipinski definition) is 4. The molecule has 0 radical (unpaired) electrons. The number of aromatic nitrogens is 1. The summed E-state index contributed by atoms with van der Waals surface area (Å²) in [6.45, 7) is 4.42. The number of aliphatic hydroxyl groups is 1. The number of rotatable bonds is 7. The van der Waals surface area contributed by atoms with Crippen molar-refractivity contribution in [1.82, 2.24) is 4.98 Å². The molecule has 18 heavy (non-hydrogen) atoms. The molecule has 0 amide bonds. The van der Waals surface area contributed by atoms with Crippen molar-refractivity contribution in [2.75, 3.05) is 24.0 Å². The summed E-state index contributed by atoms with van der Waals surface area (Å²) in [5, 5.41) is 9.33. The number of aliphatic hydroxyl groups excluding tert-OH is 1. The van der Waals surface area contributed by atoms with Crippen LogP contribution in [0.25, 0.3) is 0 Å². The molecule has 0 saturated carbocycles. The molecular formula is C14H24N2OS. The average Bonchev–Trinajstić information content (AvgIpc) is 2.38. The molecule has 0 aromatic carbocycles. The van der Waals surface area contributed by atoms with E-state index in [4.69, 9.17) is 0 Å². The maximum absolute atomic E-state index is 9.33. The number of hydrogen-bond donors (Lipinski definition) is 1. The molecule has 1 N–H and O–H groups in total. The molecule has 0 bridgehead atoms. The van der Waals surface area contributed by atoms with Crippen LogP contribution in [0.2, 0.25) is 0 Å². The highest BCUT2D eigenvalue weighted by Gasteiger charge is 2.12. The van der Waals surface area contributed by atoms with E-state index in [1.165, 1.54) is 0 Å². The van der Waals surface area contributed by atoms with Crippen molar-refractivity contribution < 1.29 is 5.11 Å². The van der Waals surface area contributed by atoms with Crippen molar-refractivity contribution in [3.63, 3.8) is 0 Å². The number of anilines is 1. The lowest BCUT2D eigenvalue weighted by Crippen LogP contribution is -2.31. The highest BCUT2D eigenvalue weighted by Crippen LogP contribution is 2.18. The van der Waals surface area contributed by atoms with Gasteiger partial charge < -0.3 is 10.0 Å². The van der Waals surface area contributed by atoms with E-state index >= 15 is 0 Å². The first-order valence-corrected chi connectivity index (χ1v) is 7.84. The zero-order valence-electron chi connectivity index (χ0n) is 11.8. The minimum atomic E-state index is 0.0803. The lowest BCUT2D eigenvalue weighted by atomic mass is 10.1. The van der Waals surface area contributed by atoms with E-state index < -0.39 is 0 Å². The van der Waals surface area contributed by atoms with Crippen LogP contribution >= 0.6 is 11.8 Å². The van der Waals surface area contributed by atoms with Crippen molar-refractivity contribution in [3.8, 4) is 0 Å². The summed E-state index contributed by atoms with van der Waals surface area (Å²) in [7, 11) is 2.07. The molecule has 1 atom stereocenters. The summed E-state index contributed by atoms with van der Waals surface area (Å²) in [5.74, 6) is 2.04. The van der Waals surface area contributed by atoms with Crippen LogP contribution in [0.1, 0.15) is 31.5 Å². The molecule has 0 saturated heterocycles. The Bertz CT molecular complexity index is 371. The van der Waals surface area contributed by atoms with Gasteiger partial charge in [-0.15, -0.1) is 0 Å². The predicted molar refractivity (Wildman–Crippen MR) is 80.4 cm³/mol. The molecular weight excluding hydrogens is 244 g/mol. The van der Waals surface area contributed by atoms with Gasteiger partial charge in [-0.1, -0.05) is 13.3 Å². The van der Waals surface area contributed by atoms with E-state index in [1.54, 1.807) is 0 Å². The highest BCUT2D eigenvalue weighted by molar-refractivity contribution is 7.98. The second-order valence-electron chi connectivity index (χ2n) is 4.65. The molecule has 1 aromatic heterocycles. The Morgan fingerprint density at radius 1 is 1.44 bits per heavy atom. The van der Waals surface area contributed by atoms with Crippen molar-refractivity contribution in [3.05, 3.63) is 23.4 Å². The van der Waals surface area contributed by atoms with Gasteiger partial charge >= 0.3 is 0 Å². The fourth-order valence-electron chi connectivity index (χ4n) is 1.87. The molecule has 1 unspecified atom stereocenters. The van der Waals surface area contributed by atoms with Crippen LogP contribution in [-0.2, 0) is 13.0 Å². The second-order valence-corrected chi connectivity index (χ2v) is 5.56. The van der Waals surface area contributed by atoms with Crippen molar-refractivity contribution in [2.45, 2.75) is 39.3 Å². The molecule has 0 spiro atoms. The van der Waals surface area contributed by atoms with Crippen LogP contribution < -0.4 is 4.90 Å². The Kier molecular flexibility index (Phi) is 6.50. The van der Waals surface area contributed by atoms with Crippen molar-refractivity contribution in [2.24, 2.45) is 0 Å². The molecule has 4 heteroatoms. The summed E-state index contributed by atoms with van der Waals surface area (Å²) in [6, 6.07) is 4.42. The lowest BCUT2D eigenvalue weighted by molar-refractivity contribution is 0.281. The third kappa shape index (κ3) is 4.18. The van der Waals surface area contributed by atoms with Gasteiger partial charge in [0, 0.05) is 24.5 Å². The highest BCUT2D eigenvalue weighted by atomic mass is 32.2. The Labute approximate surface area is 115 Å². The van der Waals surface area contributed by atoms with Crippen LogP contribution in [0.4, 0.5) is 5.82 Å². The summed E-state index contributed by atoms with van der Waals surface area (Å²) in [5.41, 5.74) is 2.02. The van der Waals surface area contributed by atoms with Gasteiger partial charge in [-0.2, -0.15) is 11.8 Å². The normalized spacial score (nSPS) is 12.5. The third-order valence-electron chi connectivity index (χ3n) is 3.04. The summed E-state index contributed by atoms with van der Waals surface area (Å²) in [4.78, 5) is 6.87. The maximum atomic E-state index is 9.33. The first-order valence-electron chi connectivity index (χ1n) is 6.44. The van der Waals surface area contributed by atoms with Gasteiger partial charge in [0.2, 0.25) is 0 Å². The Morgan fingerprint density at radius 3 is 2.72 bits per heavy atom. The zero-order valence-corrected chi connectivity index (χ0v) is 12.6. The number of aryl methyl sites for hydroxylation is 1. The van der Waals surface area contributed by atoms with Crippen molar-refractivity contribution >= 4 is 17.6 Å². The molecule has 1 rings (SSSR count). The minimum Gasteiger partial charge on any atom is -0.392 e. The third-order valence-corrected chi connectivity index (χ3v) is 3.86. The molecule has 0 aliphatic heterocycles. The van der Waals surface area contributed by atoms with Gasteiger partial charge in [-0.05, 0) is 37.3 Å². The van der Waals surface area contributed by atoms with Crippen LogP contribution in [0.5, 0.6) is 0 Å². The minimum absolute atomic E-state index is 0.0803. The molecule has 0 aliphatic carbocycles. The van der Waals surface area contributed by atoms with E-state index in [0.717, 1.165) is 35.7 Å². The van der Waals surface area contributed by atoms with Gasteiger partial charge in [0.1, 0.15) is 5.82 Å². The lowest BCUT2D eigenvalue weighted by Gasteiger charge is -2.26. The molecule has 3 nitrogen and oxygen atoms in total. The van der Waals surface area contributed by atoms with E-state index in [0.29, 0.717) is 6.04 Å². The predicted octanol–water partition coefficient (Wildman–Crippen LogP) is 2.71. The van der Waals surface area contributed by atoms with E-state index in [2.05, 4.69) is 37.0 Å². The molecule has 1 heterocycles. The number of nitrogens with zero attached hydrogens (tertiary/aromatic N) is 2. The fraction of sp³-hybridized carbons (Fsp3) is 0.643. The monoisotopic (exact) mass is 268 g/mol. The Balaban J connectivity index is 2.95. The summed E-state index contributed by atoms with van der Waals surface area (Å²) < 4.78 is 0. The fourth-order valence-corrected chi connectivity index (χ4v) is 2.57. The SMILES string of the molecule is CCCc1cc(CO)cc(N(C)C(C)CSC)n1. The second kappa shape index (κ2) is 7.64. The Hall–Kier alpha value is -0.740. The van der Waals surface area contributed by atoms with E-state index in [1.807, 2.05) is 23.9 Å². The maximum Gasteiger partial charge on any atom is 0.129 e. The van der Waals surface area contributed by atoms with Crippen LogP contribution in [0, 0.1) is 0 Å². The average molecular weight is 268 g/mol. The molecule has 1 aromatic rings. The van der Waals surface area contributed by atoms with Crippen molar-refractivity contribution in [1.29, 1.82) is 0 Å². The number of pyridine rings is 1. The summed E-state index contributed by atoms with van der Waals surface area (Å²) >= 11 is 1.84. The van der Waals surface area contributed by atoms with Crippen LogP contribution in [0.3, 0.4) is 0 Å². The topological polar surface area (TPSA) is 36.4 Å². The summed E-state index contributed by atoms with van der Waals surface area (Å²) in [6.07, 6.45) is 4.15. The first-order chi connectivity index (χ1) is 8.62. The quantitative estimate of drug-likeness (QED) is 0.825. The van der Waals surface area contributed by atoms with Gasteiger partial charge in [-0.3, -0.25) is 0 Å². The van der Waals surface area contributed by atoms with Crippen LogP contribution in [0.15, 0.2) is 12.1 Å². The van der Waals surface area contributed by atoms with Crippen LogP contribution in [-0.4, -0.2) is 35.2 Å². The zero-order chi connectivity index (χ0) is 13.5. The standard InChI is InChI=1S/C14H24N2OS/c1-5-6-13-7-12(9-17)8-14(15-13)16(3)11(2)10-18-4/h7-8,11,17H,5-6,9-10H2,1-4H3. The Morgan fingerprint density at radius 2 is 2.17 bits per heavy atom. The first kappa shape index (κ1) is 15.3. The van der Waals surface area contributed by atoms with Gasteiger partial charge in [0.05, 0.1) is 6.61 Å². The largest absolute Gasteiger partial charge is 0.392 e. The molecule has 0 aliphatic rings. The van der Waals surface area contributed by atoms with Gasteiger partial charge in [0.25, 0.3) is 0 Å². The van der Waals surface area contributed by atoms with Gasteiger partial charge in [-0.25, -0.2) is 4.98 Å². The molecule has 102 valence electrons. The molecule has 0 fully saturated rings. The van der Waals surface area contributed by atoms with E-state index in [-0.39, 0.29) is 6.61 Å². The number of thioether (sulfide) groups is 1. The smallest absolute Gasteiger partial charge is 0.129 e.